The third-order valence-corrected chi connectivity index (χ3v) is 5.35. The standard InChI is InChI=1S/C15H24ClNO3S/c1-4-11-17(13(2)3)21(18,19)15-8-6-14(7-9-15)20-12-5-10-16/h6-9,13H,4-5,10-12H2,1-3H3. The number of rotatable bonds is 9. The van der Waals surface area contributed by atoms with E-state index in [4.69, 9.17) is 16.3 Å². The van der Waals surface area contributed by atoms with Crippen LogP contribution in [0.25, 0.3) is 0 Å². The van der Waals surface area contributed by atoms with Crippen LogP contribution >= 0.6 is 11.6 Å². The van der Waals surface area contributed by atoms with E-state index in [1.54, 1.807) is 24.3 Å². The molecule has 0 amide bonds. The molecule has 0 saturated heterocycles. The molecule has 0 heterocycles. The lowest BCUT2D eigenvalue weighted by atomic mass is 10.3. The van der Waals surface area contributed by atoms with E-state index >= 15 is 0 Å². The van der Waals surface area contributed by atoms with E-state index in [-0.39, 0.29) is 6.04 Å². The smallest absolute Gasteiger partial charge is 0.243 e. The van der Waals surface area contributed by atoms with E-state index in [9.17, 15) is 8.42 Å². The zero-order valence-electron chi connectivity index (χ0n) is 12.9. The molecule has 6 heteroatoms. The molecule has 0 radical (unpaired) electrons. The molecule has 21 heavy (non-hydrogen) atoms. The van der Waals surface area contributed by atoms with Gasteiger partial charge in [0, 0.05) is 18.5 Å². The summed E-state index contributed by atoms with van der Waals surface area (Å²) in [5.41, 5.74) is 0. The minimum absolute atomic E-state index is 0.0606. The topological polar surface area (TPSA) is 46.6 Å². The second-order valence-electron chi connectivity index (χ2n) is 5.07. The molecule has 1 rings (SSSR count). The lowest BCUT2D eigenvalue weighted by Crippen LogP contribution is -2.37. The molecule has 4 nitrogen and oxygen atoms in total. The van der Waals surface area contributed by atoms with Gasteiger partial charge in [0.1, 0.15) is 5.75 Å². The van der Waals surface area contributed by atoms with Crippen LogP contribution < -0.4 is 4.74 Å². The molecule has 0 bridgehead atoms. The Morgan fingerprint density at radius 3 is 2.33 bits per heavy atom. The van der Waals surface area contributed by atoms with Crippen molar-refractivity contribution in [2.75, 3.05) is 19.0 Å². The van der Waals surface area contributed by atoms with Crippen LogP contribution in [0.4, 0.5) is 0 Å². The van der Waals surface area contributed by atoms with Gasteiger partial charge in [0.2, 0.25) is 10.0 Å². The number of halogens is 1. The SMILES string of the molecule is CCCN(C(C)C)S(=O)(=O)c1ccc(OCCCCl)cc1. The lowest BCUT2D eigenvalue weighted by molar-refractivity contribution is 0.318. The summed E-state index contributed by atoms with van der Waals surface area (Å²) in [5, 5.41) is 0. The van der Waals surface area contributed by atoms with Gasteiger partial charge in [-0.25, -0.2) is 8.42 Å². The third kappa shape index (κ3) is 5.16. The van der Waals surface area contributed by atoms with E-state index in [1.165, 1.54) is 4.31 Å². The Hall–Kier alpha value is -0.780. The van der Waals surface area contributed by atoms with Crippen LogP contribution in [0, 0.1) is 0 Å². The molecule has 0 aromatic heterocycles. The number of hydrogen-bond acceptors (Lipinski definition) is 3. The molecule has 0 N–H and O–H groups in total. The quantitative estimate of drug-likeness (QED) is 0.513. The van der Waals surface area contributed by atoms with Crippen molar-refractivity contribution in [1.29, 1.82) is 0 Å². The van der Waals surface area contributed by atoms with Crippen LogP contribution in [-0.4, -0.2) is 37.8 Å². The molecule has 0 aliphatic rings. The average molecular weight is 334 g/mol. The minimum atomic E-state index is -3.45. The van der Waals surface area contributed by atoms with Crippen molar-refractivity contribution < 1.29 is 13.2 Å². The van der Waals surface area contributed by atoms with Gasteiger partial charge in [-0.1, -0.05) is 6.92 Å². The highest BCUT2D eigenvalue weighted by Gasteiger charge is 2.25. The molecule has 0 fully saturated rings. The zero-order valence-corrected chi connectivity index (χ0v) is 14.5. The van der Waals surface area contributed by atoms with Crippen molar-refractivity contribution in [3.05, 3.63) is 24.3 Å². The van der Waals surface area contributed by atoms with Gasteiger partial charge in [0.25, 0.3) is 0 Å². The lowest BCUT2D eigenvalue weighted by Gasteiger charge is -2.25. The summed E-state index contributed by atoms with van der Waals surface area (Å²) in [5.74, 6) is 1.21. The second kappa shape index (κ2) is 8.61. The number of alkyl halides is 1. The van der Waals surface area contributed by atoms with E-state index in [2.05, 4.69) is 0 Å². The highest BCUT2D eigenvalue weighted by atomic mass is 35.5. The Kier molecular flexibility index (Phi) is 7.49. The van der Waals surface area contributed by atoms with Gasteiger partial charge in [-0.05, 0) is 51.0 Å². The van der Waals surface area contributed by atoms with Gasteiger partial charge in [-0.3, -0.25) is 0 Å². The Morgan fingerprint density at radius 2 is 1.86 bits per heavy atom. The Balaban J connectivity index is 2.88. The number of hydrogen-bond donors (Lipinski definition) is 0. The molecule has 120 valence electrons. The molecule has 1 aromatic rings. The monoisotopic (exact) mass is 333 g/mol. The van der Waals surface area contributed by atoms with Crippen molar-refractivity contribution in [1.82, 2.24) is 4.31 Å². The van der Waals surface area contributed by atoms with E-state index in [0.717, 1.165) is 12.8 Å². The van der Waals surface area contributed by atoms with Crippen molar-refractivity contribution in [3.63, 3.8) is 0 Å². The van der Waals surface area contributed by atoms with Crippen LogP contribution in [0.15, 0.2) is 29.2 Å². The van der Waals surface area contributed by atoms with Crippen molar-refractivity contribution in [3.8, 4) is 5.75 Å². The maximum atomic E-state index is 12.6. The maximum absolute atomic E-state index is 12.6. The zero-order chi connectivity index (χ0) is 15.9. The predicted octanol–water partition coefficient (Wildman–Crippen LogP) is 3.50. The van der Waals surface area contributed by atoms with Crippen molar-refractivity contribution in [2.45, 2.75) is 44.6 Å². The first-order valence-electron chi connectivity index (χ1n) is 7.24. The molecule has 0 saturated carbocycles. The molecular formula is C15H24ClNO3S. The number of benzene rings is 1. The summed E-state index contributed by atoms with van der Waals surface area (Å²) in [6.45, 7) is 6.80. The summed E-state index contributed by atoms with van der Waals surface area (Å²) in [4.78, 5) is 0.300. The molecule has 0 aliphatic carbocycles. The number of ether oxygens (including phenoxy) is 1. The van der Waals surface area contributed by atoms with Gasteiger partial charge >= 0.3 is 0 Å². The Morgan fingerprint density at radius 1 is 1.24 bits per heavy atom. The first kappa shape index (κ1) is 18.3. The molecule has 0 spiro atoms. The van der Waals surface area contributed by atoms with Crippen LogP contribution in [0.1, 0.15) is 33.6 Å². The molecule has 1 aromatic carbocycles. The van der Waals surface area contributed by atoms with Crippen molar-refractivity contribution in [2.24, 2.45) is 0 Å². The van der Waals surface area contributed by atoms with Crippen LogP contribution in [0.5, 0.6) is 5.75 Å². The van der Waals surface area contributed by atoms with Gasteiger partial charge < -0.3 is 4.74 Å². The van der Waals surface area contributed by atoms with Crippen LogP contribution in [0.2, 0.25) is 0 Å². The van der Waals surface area contributed by atoms with Gasteiger partial charge in [0.15, 0.2) is 0 Å². The predicted molar refractivity (Wildman–Crippen MR) is 86.6 cm³/mol. The van der Waals surface area contributed by atoms with Gasteiger partial charge in [0.05, 0.1) is 11.5 Å². The molecule has 0 aliphatic heterocycles. The minimum Gasteiger partial charge on any atom is -0.494 e. The summed E-state index contributed by atoms with van der Waals surface area (Å²) in [6, 6.07) is 6.50. The maximum Gasteiger partial charge on any atom is 0.243 e. The summed E-state index contributed by atoms with van der Waals surface area (Å²) in [7, 11) is -3.45. The average Bonchev–Trinajstić information content (AvgIpc) is 2.45. The Bertz CT molecular complexity index is 514. The number of sulfonamides is 1. The fourth-order valence-electron chi connectivity index (χ4n) is 1.96. The first-order valence-corrected chi connectivity index (χ1v) is 9.21. The third-order valence-electron chi connectivity index (χ3n) is 3.00. The van der Waals surface area contributed by atoms with Gasteiger partial charge in [-0.2, -0.15) is 4.31 Å². The Labute approximate surface area is 133 Å². The van der Waals surface area contributed by atoms with Crippen molar-refractivity contribution >= 4 is 21.6 Å². The first-order chi connectivity index (χ1) is 9.93. The largest absolute Gasteiger partial charge is 0.494 e. The fraction of sp³-hybridized carbons (Fsp3) is 0.600. The van der Waals surface area contributed by atoms with Crippen LogP contribution in [0.3, 0.4) is 0 Å². The highest BCUT2D eigenvalue weighted by molar-refractivity contribution is 7.89. The summed E-state index contributed by atoms with van der Waals surface area (Å²) < 4.78 is 32.2. The molecule has 0 unspecified atom stereocenters. The number of nitrogens with zero attached hydrogens (tertiary/aromatic N) is 1. The molecule has 0 atom stereocenters. The van der Waals surface area contributed by atoms with E-state index < -0.39 is 10.0 Å². The van der Waals surface area contributed by atoms with Crippen LogP contribution in [-0.2, 0) is 10.0 Å². The highest BCUT2D eigenvalue weighted by Crippen LogP contribution is 2.21. The van der Waals surface area contributed by atoms with E-state index in [1.807, 2.05) is 20.8 Å². The normalized spacial score (nSPS) is 12.1. The second-order valence-corrected chi connectivity index (χ2v) is 7.34. The summed E-state index contributed by atoms with van der Waals surface area (Å²) in [6.07, 6.45) is 1.55. The summed E-state index contributed by atoms with van der Waals surface area (Å²) >= 11 is 5.58. The molecular weight excluding hydrogens is 310 g/mol. The van der Waals surface area contributed by atoms with E-state index in [0.29, 0.717) is 29.7 Å². The fourth-order valence-corrected chi connectivity index (χ4v) is 3.80. The van der Waals surface area contributed by atoms with Gasteiger partial charge in [-0.15, -0.1) is 11.6 Å².